The third kappa shape index (κ3) is 1.87. The highest BCUT2D eigenvalue weighted by Crippen LogP contribution is 2.40. The molecule has 0 radical (unpaired) electrons. The van der Waals surface area contributed by atoms with Crippen LogP contribution in [0.2, 0.25) is 5.15 Å². The average Bonchev–Trinajstić information content (AvgIpc) is 2.44. The van der Waals surface area contributed by atoms with E-state index in [1.54, 1.807) is 12.1 Å². The second-order valence-corrected chi connectivity index (χ2v) is 4.75. The molecule has 0 bridgehead atoms. The largest absolute Gasteiger partial charge is 0.500 e. The summed E-state index contributed by atoms with van der Waals surface area (Å²) in [5.41, 5.74) is -3.43. The lowest BCUT2D eigenvalue weighted by molar-refractivity contribution is -0.813. The number of nitro groups is 2. The topological polar surface area (TPSA) is 147 Å². The zero-order valence-electron chi connectivity index (χ0n) is 10.4. The van der Waals surface area contributed by atoms with Gasteiger partial charge in [0.15, 0.2) is 0 Å². The van der Waals surface area contributed by atoms with Gasteiger partial charge in [-0.25, -0.2) is 4.98 Å². The third-order valence-corrected chi connectivity index (χ3v) is 3.69. The lowest BCUT2D eigenvalue weighted by atomic mass is 9.84. The molecule has 0 unspecified atom stereocenters. The van der Waals surface area contributed by atoms with Crippen LogP contribution >= 0.6 is 11.6 Å². The summed E-state index contributed by atoms with van der Waals surface area (Å²) in [6.45, 7) is 0. The Bertz CT molecular complexity index is 734. The van der Waals surface area contributed by atoms with Crippen molar-refractivity contribution in [3.8, 4) is 12.1 Å². The molecule has 0 amide bonds. The van der Waals surface area contributed by atoms with Crippen molar-refractivity contribution in [2.75, 3.05) is 0 Å². The van der Waals surface area contributed by atoms with Gasteiger partial charge >= 0.3 is 5.66 Å². The summed E-state index contributed by atoms with van der Waals surface area (Å²) in [5, 5.41) is 40.3. The van der Waals surface area contributed by atoms with Gasteiger partial charge in [-0.15, -0.1) is 0 Å². The van der Waals surface area contributed by atoms with E-state index in [1.165, 1.54) is 0 Å². The van der Waals surface area contributed by atoms with Crippen LogP contribution < -0.4 is 0 Å². The Morgan fingerprint density at radius 3 is 2.24 bits per heavy atom. The molecule has 2 rings (SSSR count). The summed E-state index contributed by atoms with van der Waals surface area (Å²) in [5.74, 6) is 0. The van der Waals surface area contributed by atoms with Crippen LogP contribution in [0, 0.1) is 42.9 Å². The number of hydrogen-bond donors (Lipinski definition) is 0. The van der Waals surface area contributed by atoms with E-state index in [1.807, 2.05) is 0 Å². The molecule has 21 heavy (non-hydrogen) atoms. The lowest BCUT2D eigenvalue weighted by Crippen LogP contribution is -2.47. The van der Waals surface area contributed by atoms with Crippen LogP contribution in [-0.2, 0) is 12.1 Å². The van der Waals surface area contributed by atoms with E-state index in [9.17, 15) is 20.2 Å². The first-order chi connectivity index (χ1) is 9.90. The summed E-state index contributed by atoms with van der Waals surface area (Å²) >= 11 is 5.75. The summed E-state index contributed by atoms with van der Waals surface area (Å²) in [6, 6.07) is 3.43. The number of hydrogen-bond acceptors (Lipinski definition) is 7. The molecule has 1 aromatic heterocycles. The summed E-state index contributed by atoms with van der Waals surface area (Å²) < 4.78 is 0. The Balaban J connectivity index is 2.92. The first-order valence-corrected chi connectivity index (χ1v) is 6.10. The van der Waals surface area contributed by atoms with Gasteiger partial charge in [-0.1, -0.05) is 11.6 Å². The van der Waals surface area contributed by atoms with Crippen molar-refractivity contribution in [3.05, 3.63) is 47.8 Å². The fourth-order valence-corrected chi connectivity index (χ4v) is 2.67. The summed E-state index contributed by atoms with van der Waals surface area (Å²) in [4.78, 5) is 24.2. The quantitative estimate of drug-likeness (QED) is 0.348. The highest BCUT2D eigenvalue weighted by molar-refractivity contribution is 6.30. The Kier molecular flexibility index (Phi) is 3.45. The first-order valence-electron chi connectivity index (χ1n) is 5.72. The molecule has 1 aromatic rings. The Labute approximate surface area is 122 Å². The molecular formula is C11H6ClN5O4. The molecule has 0 saturated heterocycles. The van der Waals surface area contributed by atoms with Gasteiger partial charge in [0.25, 0.3) is 0 Å². The van der Waals surface area contributed by atoms with Gasteiger partial charge in [-0.05, 0) is 12.8 Å². The maximum atomic E-state index is 11.3. The van der Waals surface area contributed by atoms with Crippen LogP contribution in [0.1, 0.15) is 35.2 Å². The molecule has 9 nitrogen and oxygen atoms in total. The van der Waals surface area contributed by atoms with Crippen LogP contribution in [0.15, 0.2) is 0 Å². The van der Waals surface area contributed by atoms with Gasteiger partial charge in [0.1, 0.15) is 32.7 Å². The highest BCUT2D eigenvalue weighted by atomic mass is 35.5. The van der Waals surface area contributed by atoms with Gasteiger partial charge in [0.05, 0.1) is 12.0 Å². The SMILES string of the molecule is N#Cc1c(Cl)nc2c(c1C#N)CCCC2([N+](=O)[O-])[N+](=O)[O-]. The van der Waals surface area contributed by atoms with Crippen LogP contribution in [0.25, 0.3) is 0 Å². The molecule has 0 N–H and O–H groups in total. The minimum absolute atomic E-state index is 0.0538. The van der Waals surface area contributed by atoms with Gasteiger partial charge < -0.3 is 0 Å². The molecule has 106 valence electrons. The molecule has 0 aromatic carbocycles. The van der Waals surface area contributed by atoms with Crippen molar-refractivity contribution in [2.45, 2.75) is 24.9 Å². The molecule has 0 spiro atoms. The minimum atomic E-state index is -2.63. The van der Waals surface area contributed by atoms with Crippen LogP contribution in [0.5, 0.6) is 0 Å². The van der Waals surface area contributed by atoms with Crippen molar-refractivity contribution in [2.24, 2.45) is 0 Å². The Morgan fingerprint density at radius 2 is 1.76 bits per heavy atom. The average molecular weight is 308 g/mol. The lowest BCUT2D eigenvalue weighted by Gasteiger charge is -2.24. The van der Waals surface area contributed by atoms with E-state index in [4.69, 9.17) is 22.1 Å². The van der Waals surface area contributed by atoms with Crippen LogP contribution in [0.3, 0.4) is 0 Å². The van der Waals surface area contributed by atoms with Crippen molar-refractivity contribution in [1.29, 1.82) is 10.5 Å². The molecule has 1 heterocycles. The van der Waals surface area contributed by atoms with Gasteiger partial charge in [0.2, 0.25) is 5.69 Å². The van der Waals surface area contributed by atoms with Crippen molar-refractivity contribution < 1.29 is 9.85 Å². The molecule has 0 aliphatic heterocycles. The molecule has 1 aliphatic carbocycles. The predicted octanol–water partition coefficient (Wildman–Crippen LogP) is 1.52. The van der Waals surface area contributed by atoms with Crippen LogP contribution in [0.4, 0.5) is 0 Å². The molecular weight excluding hydrogens is 302 g/mol. The molecule has 0 saturated carbocycles. The summed E-state index contributed by atoms with van der Waals surface area (Å²) in [6.07, 6.45) is -0.0155. The third-order valence-electron chi connectivity index (χ3n) is 3.41. The maximum absolute atomic E-state index is 11.3. The standard InChI is InChI=1S/C11H6ClN5O4/c12-10-8(5-14)7(4-13)6-2-1-3-11(16(18)19,17(20)21)9(6)15-10/h1-3H2. The van der Waals surface area contributed by atoms with Crippen molar-refractivity contribution in [3.63, 3.8) is 0 Å². The number of rotatable bonds is 2. The fraction of sp³-hybridized carbons (Fsp3) is 0.364. The van der Waals surface area contributed by atoms with Gasteiger partial charge in [-0.3, -0.25) is 20.2 Å². The number of fused-ring (bicyclic) bond motifs is 1. The highest BCUT2D eigenvalue weighted by Gasteiger charge is 2.62. The van der Waals surface area contributed by atoms with E-state index in [2.05, 4.69) is 4.98 Å². The molecule has 1 aliphatic rings. The smallest absolute Gasteiger partial charge is 0.258 e. The zero-order chi connectivity index (χ0) is 15.8. The van der Waals surface area contributed by atoms with Crippen LogP contribution in [-0.4, -0.2) is 14.8 Å². The number of aromatic nitrogens is 1. The van der Waals surface area contributed by atoms with Gasteiger partial charge in [0, 0.05) is 5.56 Å². The molecule has 0 fully saturated rings. The van der Waals surface area contributed by atoms with E-state index in [0.717, 1.165) is 0 Å². The number of pyridine rings is 1. The molecule has 10 heteroatoms. The zero-order valence-corrected chi connectivity index (χ0v) is 11.1. The number of nitriles is 2. The van der Waals surface area contributed by atoms with Crippen molar-refractivity contribution >= 4 is 11.6 Å². The number of halogens is 1. The Morgan fingerprint density at radius 1 is 1.19 bits per heavy atom. The second kappa shape index (κ2) is 4.96. The van der Waals surface area contributed by atoms with E-state index >= 15 is 0 Å². The minimum Gasteiger partial charge on any atom is -0.258 e. The van der Waals surface area contributed by atoms with E-state index in [0.29, 0.717) is 0 Å². The van der Waals surface area contributed by atoms with Crippen molar-refractivity contribution in [1.82, 2.24) is 4.98 Å². The van der Waals surface area contributed by atoms with E-state index in [-0.39, 0.29) is 36.0 Å². The second-order valence-electron chi connectivity index (χ2n) is 4.39. The first kappa shape index (κ1) is 14.6. The predicted molar refractivity (Wildman–Crippen MR) is 67.3 cm³/mol. The number of nitrogens with zero attached hydrogens (tertiary/aromatic N) is 5. The molecule has 0 atom stereocenters. The summed E-state index contributed by atoms with van der Waals surface area (Å²) in [7, 11) is 0. The van der Waals surface area contributed by atoms with Gasteiger partial charge in [-0.2, -0.15) is 10.5 Å². The monoisotopic (exact) mass is 307 g/mol. The normalized spacial score (nSPS) is 15.4. The maximum Gasteiger partial charge on any atom is 0.500 e. The fourth-order valence-electron chi connectivity index (χ4n) is 2.45. The van der Waals surface area contributed by atoms with E-state index < -0.39 is 26.4 Å². The Hall–Kier alpha value is -2.78.